The Balaban J connectivity index is 1.65. The highest BCUT2D eigenvalue weighted by atomic mass is 35.5. The number of halogens is 1. The average molecular weight is 375 g/mol. The van der Waals surface area contributed by atoms with Gasteiger partial charge in [0.25, 0.3) is 5.56 Å². The van der Waals surface area contributed by atoms with Crippen molar-refractivity contribution in [2.45, 2.75) is 26.3 Å². The lowest BCUT2D eigenvalue weighted by Gasteiger charge is -2.27. The molecule has 0 amide bonds. The first-order chi connectivity index (χ1) is 12.1. The van der Waals surface area contributed by atoms with Gasteiger partial charge in [0.2, 0.25) is 0 Å². The molecule has 1 fully saturated rings. The van der Waals surface area contributed by atoms with Gasteiger partial charge in [-0.1, -0.05) is 30.7 Å². The zero-order chi connectivity index (χ0) is 17.4. The zero-order valence-electron chi connectivity index (χ0n) is 14.1. The molecule has 2 N–H and O–H groups in total. The molecule has 1 aliphatic heterocycles. The summed E-state index contributed by atoms with van der Waals surface area (Å²) in [4.78, 5) is 22.8. The Hall–Kier alpha value is -1.69. The molecule has 4 rings (SSSR count). The molecule has 3 heterocycles. The molecule has 6 heteroatoms. The highest BCUT2D eigenvalue weighted by Gasteiger charge is 2.21. The van der Waals surface area contributed by atoms with Gasteiger partial charge in [-0.15, -0.1) is 11.3 Å². The van der Waals surface area contributed by atoms with Crippen LogP contribution in [-0.2, 0) is 6.54 Å². The number of thiophene rings is 1. The molecular formula is C19H21ClN3OS+. The number of H-pyrrole nitrogens is 1. The lowest BCUT2D eigenvalue weighted by Crippen LogP contribution is -3.12. The van der Waals surface area contributed by atoms with Crippen molar-refractivity contribution in [3.63, 3.8) is 0 Å². The van der Waals surface area contributed by atoms with Gasteiger partial charge in [0.05, 0.1) is 18.6 Å². The second-order valence-electron chi connectivity index (χ2n) is 6.97. The molecule has 2 atom stereocenters. The smallest absolute Gasteiger partial charge is 0.269 e. The van der Waals surface area contributed by atoms with Crippen LogP contribution in [0, 0.1) is 5.92 Å². The fraction of sp³-hybridized carbons (Fsp3) is 0.368. The Morgan fingerprint density at radius 3 is 2.92 bits per heavy atom. The van der Waals surface area contributed by atoms with Gasteiger partial charge in [0.1, 0.15) is 11.2 Å². The van der Waals surface area contributed by atoms with Gasteiger partial charge in [0.15, 0.2) is 5.82 Å². The van der Waals surface area contributed by atoms with Crippen LogP contribution in [0.1, 0.15) is 25.6 Å². The Kier molecular flexibility index (Phi) is 4.63. The molecule has 2 aromatic heterocycles. The van der Waals surface area contributed by atoms with Crippen LogP contribution in [0.15, 0.2) is 35.1 Å². The quantitative estimate of drug-likeness (QED) is 0.740. The van der Waals surface area contributed by atoms with Crippen molar-refractivity contribution in [3.05, 3.63) is 51.5 Å². The standard InChI is InChI=1S/C19H20ClN3OS/c1-12-3-2-8-23(10-12)11-17-21-15-9-16(25-18(15)19(24)22-17)13-4-6-14(20)7-5-13/h4-7,9,12H,2-3,8,10-11H2,1H3,(H,21,22,24)/p+1/t12-/m0/s1. The fourth-order valence-corrected chi connectivity index (χ4v) is 4.75. The number of benzene rings is 1. The largest absolute Gasteiger partial charge is 0.328 e. The van der Waals surface area contributed by atoms with Gasteiger partial charge in [0, 0.05) is 15.8 Å². The van der Waals surface area contributed by atoms with Crippen molar-refractivity contribution in [1.29, 1.82) is 0 Å². The van der Waals surface area contributed by atoms with Gasteiger partial charge in [-0.2, -0.15) is 0 Å². The predicted molar refractivity (Wildman–Crippen MR) is 103 cm³/mol. The molecule has 1 aliphatic rings. The molecule has 0 saturated carbocycles. The molecule has 0 aliphatic carbocycles. The van der Waals surface area contributed by atoms with Crippen LogP contribution in [0.25, 0.3) is 20.7 Å². The van der Waals surface area contributed by atoms with E-state index in [1.54, 1.807) is 0 Å². The minimum absolute atomic E-state index is 0.0327. The number of piperidine rings is 1. The van der Waals surface area contributed by atoms with Crippen LogP contribution in [0.3, 0.4) is 0 Å². The number of rotatable bonds is 3. The summed E-state index contributed by atoms with van der Waals surface area (Å²) in [5, 5.41) is 0.710. The molecule has 25 heavy (non-hydrogen) atoms. The van der Waals surface area contributed by atoms with Gasteiger partial charge in [-0.3, -0.25) is 4.79 Å². The molecule has 130 valence electrons. The second-order valence-corrected chi connectivity index (χ2v) is 8.46. The summed E-state index contributed by atoms with van der Waals surface area (Å²) in [7, 11) is 0. The van der Waals surface area contributed by atoms with E-state index in [-0.39, 0.29) is 5.56 Å². The number of nitrogens with zero attached hydrogens (tertiary/aromatic N) is 1. The van der Waals surface area contributed by atoms with Gasteiger partial charge < -0.3 is 9.88 Å². The number of fused-ring (bicyclic) bond motifs is 1. The second kappa shape index (κ2) is 6.90. The van der Waals surface area contributed by atoms with E-state index < -0.39 is 0 Å². The van der Waals surface area contributed by atoms with E-state index >= 15 is 0 Å². The summed E-state index contributed by atoms with van der Waals surface area (Å²) in [6.07, 6.45) is 2.56. The molecule has 1 unspecified atom stereocenters. The van der Waals surface area contributed by atoms with Gasteiger partial charge >= 0.3 is 0 Å². The van der Waals surface area contributed by atoms with Crippen molar-refractivity contribution in [3.8, 4) is 10.4 Å². The van der Waals surface area contributed by atoms with Crippen LogP contribution in [0.4, 0.5) is 0 Å². The van der Waals surface area contributed by atoms with E-state index in [4.69, 9.17) is 16.6 Å². The Labute approximate surface area is 155 Å². The maximum absolute atomic E-state index is 12.5. The minimum Gasteiger partial charge on any atom is -0.328 e. The van der Waals surface area contributed by atoms with Crippen LogP contribution >= 0.6 is 22.9 Å². The summed E-state index contributed by atoms with van der Waals surface area (Å²) in [6, 6.07) is 9.69. The number of nitrogens with one attached hydrogen (secondary N) is 2. The summed E-state index contributed by atoms with van der Waals surface area (Å²) >= 11 is 7.44. The number of likely N-dealkylation sites (tertiary alicyclic amines) is 1. The highest BCUT2D eigenvalue weighted by molar-refractivity contribution is 7.22. The SMILES string of the molecule is C[C@H]1CCC[NH+](Cc2nc3cc(-c4ccc(Cl)cc4)sc3c(=O)[nH]2)C1. The van der Waals surface area contributed by atoms with E-state index in [2.05, 4.69) is 11.9 Å². The van der Waals surface area contributed by atoms with Crippen molar-refractivity contribution >= 4 is 33.2 Å². The van der Waals surface area contributed by atoms with E-state index in [1.807, 2.05) is 30.3 Å². The number of hydrogen-bond donors (Lipinski definition) is 2. The van der Waals surface area contributed by atoms with Crippen LogP contribution < -0.4 is 10.5 Å². The third-order valence-corrected chi connectivity index (χ3v) is 6.27. The van der Waals surface area contributed by atoms with Crippen molar-refractivity contribution < 1.29 is 4.90 Å². The third-order valence-electron chi connectivity index (χ3n) is 4.84. The number of aromatic nitrogens is 2. The van der Waals surface area contributed by atoms with E-state index in [0.29, 0.717) is 9.72 Å². The van der Waals surface area contributed by atoms with Gasteiger partial charge in [-0.25, -0.2) is 4.98 Å². The molecule has 4 nitrogen and oxygen atoms in total. The Morgan fingerprint density at radius 1 is 1.36 bits per heavy atom. The summed E-state index contributed by atoms with van der Waals surface area (Å²) < 4.78 is 0.690. The molecule has 0 bridgehead atoms. The lowest BCUT2D eigenvalue weighted by molar-refractivity contribution is -0.922. The van der Waals surface area contributed by atoms with E-state index in [0.717, 1.165) is 47.3 Å². The molecule has 1 saturated heterocycles. The zero-order valence-corrected chi connectivity index (χ0v) is 15.7. The summed E-state index contributed by atoms with van der Waals surface area (Å²) in [5.41, 5.74) is 1.82. The number of hydrogen-bond acceptors (Lipinski definition) is 3. The molecule has 1 aromatic carbocycles. The maximum atomic E-state index is 12.5. The Morgan fingerprint density at radius 2 is 2.16 bits per heavy atom. The normalized spacial score (nSPS) is 20.9. The first-order valence-corrected chi connectivity index (χ1v) is 9.90. The van der Waals surface area contributed by atoms with Crippen LogP contribution in [0.2, 0.25) is 5.02 Å². The summed E-state index contributed by atoms with van der Waals surface area (Å²) in [6.45, 7) is 5.41. The first-order valence-electron chi connectivity index (χ1n) is 8.71. The topological polar surface area (TPSA) is 50.2 Å². The van der Waals surface area contributed by atoms with Crippen molar-refractivity contribution in [2.75, 3.05) is 13.1 Å². The highest BCUT2D eigenvalue weighted by Crippen LogP contribution is 2.31. The monoisotopic (exact) mass is 374 g/mol. The first kappa shape index (κ1) is 16.8. The van der Waals surface area contributed by atoms with Gasteiger partial charge in [-0.05, 0) is 36.6 Å². The Bertz CT molecular complexity index is 947. The molecule has 0 radical (unpaired) electrons. The maximum Gasteiger partial charge on any atom is 0.269 e. The molecular weight excluding hydrogens is 354 g/mol. The average Bonchev–Trinajstić information content (AvgIpc) is 3.00. The number of quaternary nitrogens is 1. The minimum atomic E-state index is -0.0327. The number of aromatic amines is 1. The van der Waals surface area contributed by atoms with E-state index in [1.165, 1.54) is 29.1 Å². The van der Waals surface area contributed by atoms with Crippen LogP contribution in [0.5, 0.6) is 0 Å². The predicted octanol–water partition coefficient (Wildman–Crippen LogP) is 3.12. The van der Waals surface area contributed by atoms with Crippen molar-refractivity contribution in [1.82, 2.24) is 9.97 Å². The van der Waals surface area contributed by atoms with Crippen LogP contribution in [-0.4, -0.2) is 23.1 Å². The lowest BCUT2D eigenvalue weighted by atomic mass is 10.0. The summed E-state index contributed by atoms with van der Waals surface area (Å²) in [5.74, 6) is 1.54. The van der Waals surface area contributed by atoms with E-state index in [9.17, 15) is 4.79 Å². The third kappa shape index (κ3) is 3.64. The molecule has 3 aromatic rings. The van der Waals surface area contributed by atoms with Crippen molar-refractivity contribution in [2.24, 2.45) is 5.92 Å². The molecule has 0 spiro atoms. The fourth-order valence-electron chi connectivity index (χ4n) is 3.62.